The molecule has 0 spiro atoms. The monoisotopic (exact) mass is 559 g/mol. The molecule has 2 N–H and O–H groups in total. The van der Waals surface area contributed by atoms with Gasteiger partial charge in [-0.15, -0.1) is 0 Å². The Hall–Kier alpha value is -4.90. The summed E-state index contributed by atoms with van der Waals surface area (Å²) in [5, 5.41) is 5.37. The molecule has 1 atom stereocenters. The molecule has 9 nitrogen and oxygen atoms in total. The van der Waals surface area contributed by atoms with Crippen molar-refractivity contribution in [3.8, 4) is 22.7 Å². The fourth-order valence-corrected chi connectivity index (χ4v) is 5.00. The van der Waals surface area contributed by atoms with Crippen molar-refractivity contribution in [3.63, 3.8) is 0 Å². The smallest absolute Gasteiger partial charge is 0.267 e. The van der Waals surface area contributed by atoms with Crippen molar-refractivity contribution in [1.82, 2.24) is 29.3 Å². The number of ether oxygens (including phenoxy) is 1. The van der Waals surface area contributed by atoms with Crippen LogP contribution in [-0.4, -0.2) is 36.4 Å². The number of anilines is 1. The van der Waals surface area contributed by atoms with E-state index in [0.29, 0.717) is 17.0 Å². The average molecular weight is 560 g/mol. The summed E-state index contributed by atoms with van der Waals surface area (Å²) in [6, 6.07) is 15.9. The molecular weight excluding hydrogens is 540 g/mol. The first-order chi connectivity index (χ1) is 19.3. The van der Waals surface area contributed by atoms with Crippen LogP contribution in [0.15, 0.2) is 71.8 Å². The summed E-state index contributed by atoms with van der Waals surface area (Å²) < 4.78 is 37.7. The Morgan fingerprint density at radius 2 is 1.75 bits per heavy atom. The predicted molar refractivity (Wildman–Crippen MR) is 148 cm³/mol. The van der Waals surface area contributed by atoms with Gasteiger partial charge < -0.3 is 10.5 Å². The zero-order valence-electron chi connectivity index (χ0n) is 21.1. The van der Waals surface area contributed by atoms with Crippen LogP contribution >= 0.6 is 11.6 Å². The van der Waals surface area contributed by atoms with Crippen LogP contribution in [-0.2, 0) is 0 Å². The minimum Gasteiger partial charge on any atom is -0.494 e. The second-order valence-corrected chi connectivity index (χ2v) is 9.36. The van der Waals surface area contributed by atoms with Crippen LogP contribution in [0.5, 0.6) is 5.75 Å². The summed E-state index contributed by atoms with van der Waals surface area (Å²) in [4.78, 5) is 27.1. The van der Waals surface area contributed by atoms with E-state index in [0.717, 1.165) is 0 Å². The third-order valence-corrected chi connectivity index (χ3v) is 6.98. The van der Waals surface area contributed by atoms with Gasteiger partial charge in [0.25, 0.3) is 5.56 Å². The molecule has 6 aromatic rings. The first kappa shape index (κ1) is 25.4. The highest BCUT2D eigenvalue weighted by molar-refractivity contribution is 6.35. The Bertz CT molecular complexity index is 1990. The molecule has 12 heteroatoms. The number of nitrogen functional groups attached to an aromatic ring is 1. The maximum Gasteiger partial charge on any atom is 0.267 e. The average Bonchev–Trinajstić information content (AvgIpc) is 3.35. The lowest BCUT2D eigenvalue weighted by Crippen LogP contribution is -2.27. The molecule has 0 aliphatic carbocycles. The van der Waals surface area contributed by atoms with Crippen LogP contribution < -0.4 is 16.0 Å². The zero-order valence-corrected chi connectivity index (χ0v) is 21.9. The summed E-state index contributed by atoms with van der Waals surface area (Å²) in [5.41, 5.74) is 6.87. The minimum atomic E-state index is -1.17. The van der Waals surface area contributed by atoms with Crippen LogP contribution in [0.3, 0.4) is 0 Å². The van der Waals surface area contributed by atoms with Gasteiger partial charge in [-0.05, 0) is 43.3 Å². The van der Waals surface area contributed by atoms with E-state index in [1.165, 1.54) is 34.8 Å². The lowest BCUT2D eigenvalue weighted by Gasteiger charge is -2.19. The Labute approximate surface area is 230 Å². The Balaban J connectivity index is 1.65. The normalized spacial score (nSPS) is 12.2. The topological polar surface area (TPSA) is 114 Å². The van der Waals surface area contributed by atoms with Gasteiger partial charge in [-0.25, -0.2) is 24.0 Å². The van der Waals surface area contributed by atoms with E-state index in [1.807, 2.05) is 6.07 Å². The van der Waals surface area contributed by atoms with Gasteiger partial charge in [0.05, 0.1) is 34.1 Å². The number of hydrogen-bond acceptors (Lipinski definition) is 7. The lowest BCUT2D eigenvalue weighted by molar-refractivity contribution is 0.372. The van der Waals surface area contributed by atoms with Gasteiger partial charge in [0.15, 0.2) is 17.2 Å². The first-order valence-corrected chi connectivity index (χ1v) is 12.5. The Morgan fingerprint density at radius 1 is 0.975 bits per heavy atom. The summed E-state index contributed by atoms with van der Waals surface area (Å²) >= 11 is 6.41. The SMILES string of the molecule is COc1ccc(-c2nn(C(C)c3nc4cccc(Cl)c4c(=O)n3-c3ccccc3)c3ncnc(N)c23)c(F)c1F. The molecule has 200 valence electrons. The molecule has 0 aliphatic rings. The van der Waals surface area contributed by atoms with Gasteiger partial charge >= 0.3 is 0 Å². The largest absolute Gasteiger partial charge is 0.494 e. The number of nitrogens with zero attached hydrogens (tertiary/aromatic N) is 6. The molecule has 0 saturated carbocycles. The second kappa shape index (κ2) is 9.69. The maximum absolute atomic E-state index is 15.2. The Morgan fingerprint density at radius 3 is 2.50 bits per heavy atom. The number of para-hydroxylation sites is 1. The first-order valence-electron chi connectivity index (χ1n) is 12.1. The third kappa shape index (κ3) is 3.85. The van der Waals surface area contributed by atoms with Gasteiger partial charge in [-0.3, -0.25) is 9.36 Å². The predicted octanol–water partition coefficient (Wildman–Crippen LogP) is 5.32. The van der Waals surface area contributed by atoms with E-state index < -0.39 is 17.7 Å². The fourth-order valence-electron chi connectivity index (χ4n) is 4.75. The number of aromatic nitrogens is 6. The standard InChI is InChI=1S/C28H20ClF2N7O2/c1-14(26-35-18-10-6-9-17(29)20(18)28(39)37(26)15-7-4-3-5-8-15)38-27-21(25(32)33-13-34-27)24(36-38)16-11-12-19(40-2)23(31)22(16)30/h3-14H,1-2H3,(H2,32,33,34). The molecule has 3 aromatic carbocycles. The van der Waals surface area contributed by atoms with Gasteiger partial charge in [0.2, 0.25) is 5.82 Å². The number of hydrogen-bond donors (Lipinski definition) is 1. The highest BCUT2D eigenvalue weighted by Crippen LogP contribution is 2.36. The zero-order chi connectivity index (χ0) is 28.1. The summed E-state index contributed by atoms with van der Waals surface area (Å²) in [5.74, 6) is -2.26. The number of nitrogens with two attached hydrogens (primary N) is 1. The van der Waals surface area contributed by atoms with Gasteiger partial charge in [0.1, 0.15) is 29.7 Å². The molecule has 0 amide bonds. The molecule has 0 fully saturated rings. The molecule has 0 bridgehead atoms. The van der Waals surface area contributed by atoms with Crippen molar-refractivity contribution < 1.29 is 13.5 Å². The van der Waals surface area contributed by atoms with Crippen LogP contribution in [0.4, 0.5) is 14.6 Å². The highest BCUT2D eigenvalue weighted by atomic mass is 35.5. The summed E-state index contributed by atoms with van der Waals surface area (Å²) in [6.45, 7) is 1.76. The van der Waals surface area contributed by atoms with E-state index >= 15 is 4.39 Å². The van der Waals surface area contributed by atoms with Crippen molar-refractivity contribution in [1.29, 1.82) is 0 Å². The lowest BCUT2D eigenvalue weighted by atomic mass is 10.1. The molecule has 0 aliphatic heterocycles. The number of benzene rings is 3. The fraction of sp³-hybridized carbons (Fsp3) is 0.107. The molecule has 40 heavy (non-hydrogen) atoms. The maximum atomic E-state index is 15.2. The van der Waals surface area contributed by atoms with Crippen molar-refractivity contribution in [2.75, 3.05) is 12.8 Å². The molecule has 0 saturated heterocycles. The van der Waals surface area contributed by atoms with Crippen molar-refractivity contribution in [2.45, 2.75) is 13.0 Å². The minimum absolute atomic E-state index is 0.0211. The van der Waals surface area contributed by atoms with Crippen molar-refractivity contribution in [2.24, 2.45) is 0 Å². The van der Waals surface area contributed by atoms with Crippen molar-refractivity contribution in [3.05, 3.63) is 99.8 Å². The van der Waals surface area contributed by atoms with E-state index in [1.54, 1.807) is 49.4 Å². The van der Waals surface area contributed by atoms with Gasteiger partial charge in [0, 0.05) is 5.56 Å². The van der Waals surface area contributed by atoms with Crippen LogP contribution in [0.25, 0.3) is 38.9 Å². The van der Waals surface area contributed by atoms with E-state index in [-0.39, 0.29) is 49.8 Å². The van der Waals surface area contributed by atoms with E-state index in [4.69, 9.17) is 27.1 Å². The quantitative estimate of drug-likeness (QED) is 0.304. The molecule has 1 unspecified atom stereocenters. The highest BCUT2D eigenvalue weighted by Gasteiger charge is 2.28. The Kier molecular flexibility index (Phi) is 6.15. The number of fused-ring (bicyclic) bond motifs is 2. The van der Waals surface area contributed by atoms with E-state index in [2.05, 4.69) is 15.1 Å². The molecule has 3 aromatic heterocycles. The van der Waals surface area contributed by atoms with Crippen LogP contribution in [0.1, 0.15) is 18.8 Å². The van der Waals surface area contributed by atoms with Gasteiger partial charge in [-0.2, -0.15) is 9.49 Å². The molecule has 3 heterocycles. The van der Waals surface area contributed by atoms with Crippen LogP contribution in [0.2, 0.25) is 5.02 Å². The molecular formula is C28H20ClF2N7O2. The number of rotatable bonds is 5. The van der Waals surface area contributed by atoms with Crippen LogP contribution in [0, 0.1) is 11.6 Å². The second-order valence-electron chi connectivity index (χ2n) is 8.95. The summed E-state index contributed by atoms with van der Waals surface area (Å²) in [6.07, 6.45) is 1.25. The summed E-state index contributed by atoms with van der Waals surface area (Å²) in [7, 11) is 1.24. The van der Waals surface area contributed by atoms with Gasteiger partial charge in [-0.1, -0.05) is 35.9 Å². The molecule has 6 rings (SSSR count). The molecule has 0 radical (unpaired) electrons. The van der Waals surface area contributed by atoms with E-state index in [9.17, 15) is 9.18 Å². The third-order valence-electron chi connectivity index (χ3n) is 6.67. The number of halogens is 3. The number of methoxy groups -OCH3 is 1. The van der Waals surface area contributed by atoms with Crippen molar-refractivity contribution >= 4 is 39.4 Å².